The number of hydrogen-bond acceptors (Lipinski definition) is 3. The van der Waals surface area contributed by atoms with Crippen LogP contribution >= 0.6 is 0 Å². The first kappa shape index (κ1) is 13.4. The molecule has 0 aliphatic heterocycles. The molecule has 0 spiro atoms. The molecule has 1 aromatic carbocycles. The molecule has 1 aromatic rings. The number of terminal acetylenes is 1. The lowest BCUT2D eigenvalue weighted by atomic mass is 10.1. The molecule has 0 aromatic heterocycles. The van der Waals surface area contributed by atoms with Crippen LogP contribution in [0.3, 0.4) is 0 Å². The summed E-state index contributed by atoms with van der Waals surface area (Å²) in [5, 5.41) is 13.1. The summed E-state index contributed by atoms with van der Waals surface area (Å²) in [4.78, 5) is 0. The van der Waals surface area contributed by atoms with Gasteiger partial charge in [0.05, 0.1) is 7.11 Å². The number of phenols is 1. The fourth-order valence-corrected chi connectivity index (χ4v) is 1.58. The van der Waals surface area contributed by atoms with Gasteiger partial charge in [0.25, 0.3) is 0 Å². The minimum absolute atomic E-state index is 0.243. The Balaban J connectivity index is 2.60. The molecule has 1 rings (SSSR count). The Morgan fingerprint density at radius 1 is 1.53 bits per heavy atom. The van der Waals surface area contributed by atoms with Crippen LogP contribution in [-0.4, -0.2) is 18.3 Å². The molecule has 0 aliphatic rings. The Morgan fingerprint density at radius 2 is 2.29 bits per heavy atom. The molecule has 3 nitrogen and oxygen atoms in total. The smallest absolute Gasteiger partial charge is 0.123 e. The van der Waals surface area contributed by atoms with Crippen molar-refractivity contribution in [2.75, 3.05) is 7.11 Å². The van der Waals surface area contributed by atoms with Crippen LogP contribution in [0.1, 0.15) is 25.3 Å². The van der Waals surface area contributed by atoms with Gasteiger partial charge in [-0.15, -0.1) is 12.3 Å². The monoisotopic (exact) mass is 233 g/mol. The standard InChI is InChI=1S/C14H19NO2/c1-4-6-12(5-2)15-10-11-7-8-13(17-3)9-14(11)16/h1,7-9,12,15-16H,5-6,10H2,2-3H3. The molecule has 0 heterocycles. The molecule has 0 saturated heterocycles. The third-order valence-electron chi connectivity index (χ3n) is 2.73. The maximum atomic E-state index is 9.78. The van der Waals surface area contributed by atoms with Gasteiger partial charge >= 0.3 is 0 Å². The van der Waals surface area contributed by atoms with Gasteiger partial charge in [0, 0.05) is 30.6 Å². The van der Waals surface area contributed by atoms with Gasteiger partial charge < -0.3 is 15.2 Å². The van der Waals surface area contributed by atoms with E-state index in [-0.39, 0.29) is 5.75 Å². The molecule has 0 amide bonds. The Labute approximate surface area is 103 Å². The molecule has 0 bridgehead atoms. The van der Waals surface area contributed by atoms with Crippen molar-refractivity contribution in [3.05, 3.63) is 23.8 Å². The van der Waals surface area contributed by atoms with E-state index >= 15 is 0 Å². The van der Waals surface area contributed by atoms with Crippen LogP contribution in [0.2, 0.25) is 0 Å². The second kappa shape index (κ2) is 6.82. The lowest BCUT2D eigenvalue weighted by Gasteiger charge is -2.15. The summed E-state index contributed by atoms with van der Waals surface area (Å²) in [6.45, 7) is 2.69. The first-order chi connectivity index (χ1) is 8.21. The molecular weight excluding hydrogens is 214 g/mol. The van der Waals surface area contributed by atoms with E-state index in [0.717, 1.165) is 12.0 Å². The number of ether oxygens (including phenoxy) is 1. The highest BCUT2D eigenvalue weighted by Gasteiger charge is 2.07. The van der Waals surface area contributed by atoms with E-state index in [1.807, 2.05) is 12.1 Å². The van der Waals surface area contributed by atoms with Gasteiger partial charge in [-0.3, -0.25) is 0 Å². The predicted molar refractivity (Wildman–Crippen MR) is 69.0 cm³/mol. The SMILES string of the molecule is C#CCC(CC)NCc1ccc(OC)cc1O. The zero-order chi connectivity index (χ0) is 12.7. The summed E-state index contributed by atoms with van der Waals surface area (Å²) in [5.41, 5.74) is 0.848. The van der Waals surface area contributed by atoms with Crippen molar-refractivity contribution in [2.24, 2.45) is 0 Å². The van der Waals surface area contributed by atoms with Crippen molar-refractivity contribution >= 4 is 0 Å². The average molecular weight is 233 g/mol. The highest BCUT2D eigenvalue weighted by Crippen LogP contribution is 2.23. The molecular formula is C14H19NO2. The highest BCUT2D eigenvalue weighted by molar-refractivity contribution is 5.39. The van der Waals surface area contributed by atoms with E-state index in [4.69, 9.17) is 11.2 Å². The normalized spacial score (nSPS) is 11.8. The summed E-state index contributed by atoms with van der Waals surface area (Å²) in [6, 6.07) is 5.59. The Hall–Kier alpha value is -1.66. The fraction of sp³-hybridized carbons (Fsp3) is 0.429. The number of methoxy groups -OCH3 is 1. The van der Waals surface area contributed by atoms with Gasteiger partial charge in [-0.25, -0.2) is 0 Å². The number of rotatable bonds is 6. The van der Waals surface area contributed by atoms with E-state index < -0.39 is 0 Å². The molecule has 1 unspecified atom stereocenters. The lowest BCUT2D eigenvalue weighted by molar-refractivity contribution is 0.405. The largest absolute Gasteiger partial charge is 0.507 e. The van der Waals surface area contributed by atoms with Crippen molar-refractivity contribution in [1.29, 1.82) is 0 Å². The maximum Gasteiger partial charge on any atom is 0.123 e. The van der Waals surface area contributed by atoms with E-state index in [2.05, 4.69) is 18.2 Å². The number of aromatic hydroxyl groups is 1. The van der Waals surface area contributed by atoms with Crippen molar-refractivity contribution < 1.29 is 9.84 Å². The summed E-state index contributed by atoms with van der Waals surface area (Å²) in [7, 11) is 1.58. The molecule has 0 radical (unpaired) electrons. The number of benzene rings is 1. The summed E-state index contributed by atoms with van der Waals surface area (Å²) in [5.74, 6) is 3.54. The quantitative estimate of drug-likeness (QED) is 0.741. The van der Waals surface area contributed by atoms with Crippen LogP contribution in [0.15, 0.2) is 18.2 Å². The average Bonchev–Trinajstić information content (AvgIpc) is 2.35. The van der Waals surface area contributed by atoms with Gasteiger partial charge in [0.15, 0.2) is 0 Å². The molecule has 0 fully saturated rings. The first-order valence-corrected chi connectivity index (χ1v) is 5.74. The van der Waals surface area contributed by atoms with Crippen molar-refractivity contribution in [2.45, 2.75) is 32.4 Å². The van der Waals surface area contributed by atoms with Crippen LogP contribution < -0.4 is 10.1 Å². The van der Waals surface area contributed by atoms with Crippen LogP contribution in [0.4, 0.5) is 0 Å². The number of phenolic OH excluding ortho intramolecular Hbond substituents is 1. The zero-order valence-electron chi connectivity index (χ0n) is 10.4. The van der Waals surface area contributed by atoms with E-state index in [1.54, 1.807) is 13.2 Å². The van der Waals surface area contributed by atoms with Gasteiger partial charge in [0.1, 0.15) is 11.5 Å². The molecule has 1 atom stereocenters. The number of hydrogen-bond donors (Lipinski definition) is 2. The predicted octanol–water partition coefficient (Wildman–Crippen LogP) is 2.29. The minimum Gasteiger partial charge on any atom is -0.507 e. The van der Waals surface area contributed by atoms with Crippen LogP contribution in [0.25, 0.3) is 0 Å². The van der Waals surface area contributed by atoms with Crippen molar-refractivity contribution in [3.8, 4) is 23.8 Å². The van der Waals surface area contributed by atoms with Gasteiger partial charge in [-0.2, -0.15) is 0 Å². The number of nitrogens with one attached hydrogen (secondary N) is 1. The molecule has 3 heteroatoms. The summed E-state index contributed by atoms with van der Waals surface area (Å²) in [6.07, 6.45) is 6.96. The van der Waals surface area contributed by atoms with E-state index in [1.165, 1.54) is 0 Å². The van der Waals surface area contributed by atoms with Crippen LogP contribution in [-0.2, 0) is 6.54 Å². The van der Waals surface area contributed by atoms with Gasteiger partial charge in [-0.05, 0) is 12.5 Å². The highest BCUT2D eigenvalue weighted by atomic mass is 16.5. The molecule has 0 saturated carbocycles. The van der Waals surface area contributed by atoms with Crippen molar-refractivity contribution in [3.63, 3.8) is 0 Å². The van der Waals surface area contributed by atoms with E-state index in [0.29, 0.717) is 24.8 Å². The third kappa shape index (κ3) is 4.01. The zero-order valence-corrected chi connectivity index (χ0v) is 10.4. The molecule has 0 aliphatic carbocycles. The Kier molecular flexibility index (Phi) is 5.38. The summed E-state index contributed by atoms with van der Waals surface area (Å²) >= 11 is 0. The topological polar surface area (TPSA) is 41.5 Å². The fourth-order valence-electron chi connectivity index (χ4n) is 1.58. The van der Waals surface area contributed by atoms with Crippen molar-refractivity contribution in [1.82, 2.24) is 5.32 Å². The minimum atomic E-state index is 0.243. The first-order valence-electron chi connectivity index (χ1n) is 5.74. The molecule has 92 valence electrons. The van der Waals surface area contributed by atoms with Gasteiger partial charge in [0.2, 0.25) is 0 Å². The second-order valence-electron chi connectivity index (χ2n) is 3.89. The van der Waals surface area contributed by atoms with Gasteiger partial charge in [-0.1, -0.05) is 13.0 Å². The molecule has 2 N–H and O–H groups in total. The van der Waals surface area contributed by atoms with E-state index in [9.17, 15) is 5.11 Å². The third-order valence-corrected chi connectivity index (χ3v) is 2.73. The molecule has 17 heavy (non-hydrogen) atoms. The van der Waals surface area contributed by atoms with Crippen LogP contribution in [0, 0.1) is 12.3 Å². The Bertz CT molecular complexity index is 396. The summed E-state index contributed by atoms with van der Waals surface area (Å²) < 4.78 is 5.03. The Morgan fingerprint density at radius 3 is 2.82 bits per heavy atom. The maximum absolute atomic E-state index is 9.78. The second-order valence-corrected chi connectivity index (χ2v) is 3.89. The lowest BCUT2D eigenvalue weighted by Crippen LogP contribution is -2.27. The van der Waals surface area contributed by atoms with Crippen LogP contribution in [0.5, 0.6) is 11.5 Å².